The van der Waals surface area contributed by atoms with Crippen molar-refractivity contribution < 1.29 is 0 Å². The summed E-state index contributed by atoms with van der Waals surface area (Å²) >= 11 is 2.06. The summed E-state index contributed by atoms with van der Waals surface area (Å²) in [6.45, 7) is 0. The molecular weight excluding hydrogens is 274 g/mol. The van der Waals surface area contributed by atoms with Crippen LogP contribution in [0.25, 0.3) is 0 Å². The molecule has 1 N–H and O–H groups in total. The van der Waals surface area contributed by atoms with E-state index in [1.54, 1.807) is 5.56 Å². The minimum Gasteiger partial charge on any atom is -0.311 e. The quantitative estimate of drug-likeness (QED) is 0.842. The lowest BCUT2D eigenvalue weighted by molar-refractivity contribution is 0.268. The number of hydrogen-bond donors (Lipinski definition) is 1. The summed E-state index contributed by atoms with van der Waals surface area (Å²) in [6, 6.07) is 12.7. The van der Waals surface area contributed by atoms with E-state index in [4.69, 9.17) is 0 Å². The fraction of sp³-hybridized carbons (Fsp3) is 0.684. The van der Waals surface area contributed by atoms with Gasteiger partial charge in [-0.15, -0.1) is 0 Å². The molecule has 116 valence electrons. The molecule has 2 atom stereocenters. The van der Waals surface area contributed by atoms with E-state index >= 15 is 0 Å². The Bertz CT molecular complexity index is 411. The summed E-state index contributed by atoms with van der Waals surface area (Å²) in [4.78, 5) is 0. The van der Waals surface area contributed by atoms with Gasteiger partial charge in [0.2, 0.25) is 0 Å². The molecule has 0 radical (unpaired) electrons. The highest BCUT2D eigenvalue weighted by Gasteiger charge is 2.29. The third-order valence-corrected chi connectivity index (χ3v) is 6.59. The van der Waals surface area contributed by atoms with Crippen molar-refractivity contribution in [2.45, 2.75) is 74.6 Å². The highest BCUT2D eigenvalue weighted by molar-refractivity contribution is 7.99. The lowest BCUT2D eigenvalue weighted by atomic mass is 9.79. The van der Waals surface area contributed by atoms with Crippen LogP contribution in [0.3, 0.4) is 0 Å². The molecule has 3 rings (SSSR count). The van der Waals surface area contributed by atoms with Gasteiger partial charge in [-0.05, 0) is 56.3 Å². The van der Waals surface area contributed by atoms with Crippen LogP contribution < -0.4 is 5.32 Å². The van der Waals surface area contributed by atoms with E-state index in [0.29, 0.717) is 6.04 Å². The molecule has 1 aromatic rings. The normalized spacial score (nSPS) is 33.8. The Labute approximate surface area is 134 Å². The molecular formula is C19H29NS. The van der Waals surface area contributed by atoms with Gasteiger partial charge in [0.15, 0.2) is 0 Å². The molecule has 0 aliphatic heterocycles. The second-order valence-electron chi connectivity index (χ2n) is 6.78. The fourth-order valence-corrected chi connectivity index (χ4v) is 4.94. The van der Waals surface area contributed by atoms with Crippen molar-refractivity contribution >= 4 is 11.8 Å². The smallest absolute Gasteiger partial charge is 0.0138 e. The number of hydrogen-bond acceptors (Lipinski definition) is 2. The maximum absolute atomic E-state index is 4.04. The Balaban J connectivity index is 1.60. The van der Waals surface area contributed by atoms with Gasteiger partial charge in [-0.25, -0.2) is 0 Å². The van der Waals surface area contributed by atoms with Crippen LogP contribution in [-0.4, -0.2) is 23.6 Å². The van der Waals surface area contributed by atoms with Crippen molar-refractivity contribution in [3.05, 3.63) is 35.9 Å². The highest BCUT2D eigenvalue weighted by atomic mass is 32.2. The van der Waals surface area contributed by atoms with E-state index in [2.05, 4.69) is 53.7 Å². The van der Waals surface area contributed by atoms with Crippen molar-refractivity contribution in [1.29, 1.82) is 0 Å². The fourth-order valence-electron chi connectivity index (χ4n) is 4.20. The van der Waals surface area contributed by atoms with Crippen LogP contribution in [0.5, 0.6) is 0 Å². The van der Waals surface area contributed by atoms with Gasteiger partial charge in [-0.2, -0.15) is 11.8 Å². The van der Waals surface area contributed by atoms with Crippen LogP contribution in [0.15, 0.2) is 30.3 Å². The molecule has 0 aromatic heterocycles. The molecule has 2 fully saturated rings. The van der Waals surface area contributed by atoms with Crippen molar-refractivity contribution in [2.75, 3.05) is 6.26 Å². The number of benzene rings is 1. The Morgan fingerprint density at radius 2 is 1.62 bits per heavy atom. The highest BCUT2D eigenvalue weighted by Crippen LogP contribution is 2.35. The Morgan fingerprint density at radius 1 is 0.905 bits per heavy atom. The molecule has 0 spiro atoms. The molecule has 0 heterocycles. The molecule has 0 bridgehead atoms. The van der Waals surface area contributed by atoms with E-state index < -0.39 is 0 Å². The molecule has 0 saturated heterocycles. The molecule has 2 saturated carbocycles. The summed E-state index contributed by atoms with van der Waals surface area (Å²) < 4.78 is 0. The molecule has 2 aliphatic carbocycles. The first-order chi connectivity index (χ1) is 10.4. The lowest BCUT2D eigenvalue weighted by Crippen LogP contribution is -2.45. The Morgan fingerprint density at radius 3 is 2.33 bits per heavy atom. The van der Waals surface area contributed by atoms with Crippen molar-refractivity contribution in [3.63, 3.8) is 0 Å². The van der Waals surface area contributed by atoms with E-state index in [9.17, 15) is 0 Å². The van der Waals surface area contributed by atoms with Gasteiger partial charge in [0.05, 0.1) is 0 Å². The van der Waals surface area contributed by atoms with Gasteiger partial charge in [-0.1, -0.05) is 43.2 Å². The zero-order valence-corrected chi connectivity index (χ0v) is 14.1. The predicted octanol–water partition coefficient (Wildman–Crippen LogP) is 4.98. The van der Waals surface area contributed by atoms with Crippen LogP contribution in [0.4, 0.5) is 0 Å². The first-order valence-electron chi connectivity index (χ1n) is 8.70. The van der Waals surface area contributed by atoms with Gasteiger partial charge in [0.1, 0.15) is 0 Å². The monoisotopic (exact) mass is 303 g/mol. The van der Waals surface area contributed by atoms with Gasteiger partial charge >= 0.3 is 0 Å². The minimum absolute atomic E-state index is 0.706. The molecule has 21 heavy (non-hydrogen) atoms. The van der Waals surface area contributed by atoms with Crippen LogP contribution in [0.2, 0.25) is 0 Å². The molecule has 0 amide bonds. The van der Waals surface area contributed by atoms with Crippen LogP contribution in [0.1, 0.15) is 62.8 Å². The Hall–Kier alpha value is -0.470. The largest absolute Gasteiger partial charge is 0.311 e. The van der Waals surface area contributed by atoms with Crippen molar-refractivity contribution in [3.8, 4) is 0 Å². The zero-order valence-electron chi connectivity index (χ0n) is 13.3. The molecule has 2 unspecified atom stereocenters. The predicted molar refractivity (Wildman–Crippen MR) is 94.1 cm³/mol. The number of nitrogens with one attached hydrogen (secondary N) is 1. The third kappa shape index (κ3) is 4.04. The maximum Gasteiger partial charge on any atom is 0.0138 e. The van der Waals surface area contributed by atoms with Crippen LogP contribution in [-0.2, 0) is 0 Å². The van der Waals surface area contributed by atoms with E-state index in [1.165, 1.54) is 51.4 Å². The first-order valence-corrected chi connectivity index (χ1v) is 9.99. The van der Waals surface area contributed by atoms with E-state index in [-0.39, 0.29) is 0 Å². The second-order valence-corrected chi connectivity index (χ2v) is 7.92. The van der Waals surface area contributed by atoms with Gasteiger partial charge in [0.25, 0.3) is 0 Å². The number of thioether (sulfide) groups is 1. The summed E-state index contributed by atoms with van der Waals surface area (Å²) in [6.07, 6.45) is 13.4. The summed E-state index contributed by atoms with van der Waals surface area (Å²) in [7, 11) is 0. The molecule has 1 aromatic carbocycles. The standard InChI is InChI=1S/C19H29NS/c1-21-17-13-11-16(12-14-17)20-19-10-6-5-9-18(19)15-7-3-2-4-8-15/h2-4,7-8,16-20H,5-6,9-14H2,1H3. The first kappa shape index (κ1) is 15.4. The van der Waals surface area contributed by atoms with Crippen molar-refractivity contribution in [1.82, 2.24) is 5.32 Å². The maximum atomic E-state index is 4.04. The van der Waals surface area contributed by atoms with Gasteiger partial charge in [-0.3, -0.25) is 0 Å². The SMILES string of the molecule is CSC1CCC(NC2CCCCC2c2ccccc2)CC1. The van der Waals surface area contributed by atoms with Crippen molar-refractivity contribution in [2.24, 2.45) is 0 Å². The average molecular weight is 304 g/mol. The Kier molecular flexibility index (Phi) is 5.65. The molecule has 2 heteroatoms. The minimum atomic E-state index is 0.706. The summed E-state index contributed by atoms with van der Waals surface area (Å²) in [5, 5.41) is 4.96. The third-order valence-electron chi connectivity index (χ3n) is 5.45. The molecule has 2 aliphatic rings. The zero-order chi connectivity index (χ0) is 14.5. The number of rotatable bonds is 4. The lowest BCUT2D eigenvalue weighted by Gasteiger charge is -2.38. The van der Waals surface area contributed by atoms with E-state index in [1.807, 2.05) is 0 Å². The van der Waals surface area contributed by atoms with E-state index in [0.717, 1.165) is 17.2 Å². The summed E-state index contributed by atoms with van der Waals surface area (Å²) in [5.41, 5.74) is 1.55. The van der Waals surface area contributed by atoms with Gasteiger partial charge < -0.3 is 5.32 Å². The second kappa shape index (κ2) is 7.69. The van der Waals surface area contributed by atoms with Gasteiger partial charge in [0, 0.05) is 17.3 Å². The average Bonchev–Trinajstić information content (AvgIpc) is 2.57. The van der Waals surface area contributed by atoms with Crippen LogP contribution in [0, 0.1) is 0 Å². The topological polar surface area (TPSA) is 12.0 Å². The van der Waals surface area contributed by atoms with Crippen LogP contribution >= 0.6 is 11.8 Å². The summed E-state index contributed by atoms with van der Waals surface area (Å²) in [5.74, 6) is 0.734. The molecule has 1 nitrogen and oxygen atoms in total.